The molecular weight excluding hydrogens is 380 g/mol. The van der Waals surface area contributed by atoms with Crippen LogP contribution < -0.4 is 4.72 Å². The minimum atomic E-state index is -3.29. The molecule has 1 saturated carbocycles. The zero-order valence-corrected chi connectivity index (χ0v) is 17.0. The molecule has 2 bridgehead atoms. The summed E-state index contributed by atoms with van der Waals surface area (Å²) in [7, 11) is -3.29. The van der Waals surface area contributed by atoms with Crippen LogP contribution in [0.25, 0.3) is 0 Å². The van der Waals surface area contributed by atoms with E-state index in [1.54, 1.807) is 0 Å². The average Bonchev–Trinajstić information content (AvgIpc) is 3.18. The summed E-state index contributed by atoms with van der Waals surface area (Å²) < 4.78 is 27.8. The van der Waals surface area contributed by atoms with Crippen molar-refractivity contribution in [1.82, 2.24) is 9.62 Å². The van der Waals surface area contributed by atoms with E-state index in [2.05, 4.69) is 33.9 Å². The first-order valence-corrected chi connectivity index (χ1v) is 11.1. The van der Waals surface area contributed by atoms with Gasteiger partial charge in [0.2, 0.25) is 10.0 Å². The van der Waals surface area contributed by atoms with E-state index in [9.17, 15) is 8.42 Å². The zero-order chi connectivity index (χ0) is 18.0. The molecule has 0 amide bonds. The number of hydrogen-bond donors (Lipinski definition) is 1. The Bertz CT molecular complexity index is 830. The molecule has 3 unspecified atom stereocenters. The number of hydrogen-bond acceptors (Lipinski definition) is 3. The Morgan fingerprint density at radius 1 is 0.926 bits per heavy atom. The van der Waals surface area contributed by atoms with Crippen molar-refractivity contribution in [3.05, 3.63) is 71.8 Å². The first-order chi connectivity index (χ1) is 12.6. The van der Waals surface area contributed by atoms with Gasteiger partial charge in [-0.05, 0) is 35.8 Å². The first-order valence-electron chi connectivity index (χ1n) is 9.40. The minimum Gasteiger partial charge on any atom is -0.296 e. The van der Waals surface area contributed by atoms with Crippen LogP contribution in [0, 0.1) is 11.8 Å². The van der Waals surface area contributed by atoms with Crippen molar-refractivity contribution in [2.24, 2.45) is 11.8 Å². The van der Waals surface area contributed by atoms with E-state index in [0.717, 1.165) is 18.7 Å². The van der Waals surface area contributed by atoms with Gasteiger partial charge < -0.3 is 0 Å². The second-order valence-electron chi connectivity index (χ2n) is 7.58. The second-order valence-corrected chi connectivity index (χ2v) is 9.38. The number of piperidine rings is 1. The number of rotatable bonds is 7. The first kappa shape index (κ1) is 20.3. The number of nitrogens with one attached hydrogen (secondary N) is 1. The fourth-order valence-corrected chi connectivity index (χ4v) is 5.79. The van der Waals surface area contributed by atoms with Gasteiger partial charge in [0.25, 0.3) is 0 Å². The largest absolute Gasteiger partial charge is 0.296 e. The van der Waals surface area contributed by atoms with Crippen molar-refractivity contribution < 1.29 is 8.42 Å². The summed E-state index contributed by atoms with van der Waals surface area (Å²) in [5.74, 6) is 1.11. The molecule has 2 aliphatic rings. The van der Waals surface area contributed by atoms with Crippen LogP contribution in [-0.2, 0) is 22.3 Å². The Balaban J connectivity index is 0.00000210. The number of sulfonamides is 1. The molecule has 2 fully saturated rings. The molecule has 4 rings (SSSR count). The number of fused-ring (bicyclic) bond motifs is 2. The summed E-state index contributed by atoms with van der Waals surface area (Å²) in [4.78, 5) is 2.54. The molecule has 4 nitrogen and oxygen atoms in total. The number of benzene rings is 2. The lowest BCUT2D eigenvalue weighted by Crippen LogP contribution is -2.37. The van der Waals surface area contributed by atoms with Crippen LogP contribution in [0.4, 0.5) is 0 Å². The van der Waals surface area contributed by atoms with Crippen molar-refractivity contribution in [2.75, 3.05) is 13.1 Å². The normalized spacial score (nSPS) is 24.7. The molecule has 0 spiro atoms. The monoisotopic (exact) mass is 406 g/mol. The van der Waals surface area contributed by atoms with Crippen molar-refractivity contribution in [3.63, 3.8) is 0 Å². The molecule has 2 aromatic rings. The molecule has 0 aromatic heterocycles. The fourth-order valence-electron chi connectivity index (χ4n) is 4.61. The third-order valence-electron chi connectivity index (χ3n) is 5.84. The molecule has 3 atom stereocenters. The summed E-state index contributed by atoms with van der Waals surface area (Å²) in [5.41, 5.74) is 2.17. The van der Waals surface area contributed by atoms with Crippen LogP contribution >= 0.6 is 12.4 Å². The van der Waals surface area contributed by atoms with Gasteiger partial charge in [-0.25, -0.2) is 13.1 Å². The Kier molecular flexibility index (Phi) is 6.58. The van der Waals surface area contributed by atoms with E-state index in [-0.39, 0.29) is 18.2 Å². The molecule has 146 valence electrons. The van der Waals surface area contributed by atoms with Crippen LogP contribution in [0.3, 0.4) is 0 Å². The van der Waals surface area contributed by atoms with Crippen molar-refractivity contribution in [2.45, 2.75) is 31.2 Å². The summed E-state index contributed by atoms with van der Waals surface area (Å²) >= 11 is 0. The Labute approximate surface area is 168 Å². The van der Waals surface area contributed by atoms with E-state index in [1.165, 1.54) is 18.4 Å². The number of halogens is 1. The van der Waals surface area contributed by atoms with Gasteiger partial charge in [-0.1, -0.05) is 60.7 Å². The molecule has 1 aliphatic heterocycles. The SMILES string of the molecule is Cl.O=S(=O)(Cc1ccccc1)NCC1C2CCC1N(Cc1ccccc1)C2. The van der Waals surface area contributed by atoms with Crippen molar-refractivity contribution >= 4 is 22.4 Å². The van der Waals surface area contributed by atoms with Gasteiger partial charge in [0.15, 0.2) is 0 Å². The van der Waals surface area contributed by atoms with Gasteiger partial charge in [-0.15, -0.1) is 12.4 Å². The van der Waals surface area contributed by atoms with E-state index in [0.29, 0.717) is 24.4 Å². The highest BCUT2D eigenvalue weighted by Crippen LogP contribution is 2.43. The molecular formula is C21H27ClN2O2S. The van der Waals surface area contributed by atoms with Crippen LogP contribution in [0.15, 0.2) is 60.7 Å². The maximum absolute atomic E-state index is 12.4. The van der Waals surface area contributed by atoms with E-state index >= 15 is 0 Å². The van der Waals surface area contributed by atoms with Gasteiger partial charge in [-0.3, -0.25) is 4.90 Å². The lowest BCUT2D eigenvalue weighted by atomic mass is 9.99. The average molecular weight is 407 g/mol. The predicted octanol–water partition coefficient (Wildman–Crippen LogP) is 3.44. The van der Waals surface area contributed by atoms with E-state index in [4.69, 9.17) is 0 Å². The lowest BCUT2D eigenvalue weighted by Gasteiger charge is -2.27. The Morgan fingerprint density at radius 2 is 1.56 bits per heavy atom. The highest BCUT2D eigenvalue weighted by Gasteiger charge is 2.46. The topological polar surface area (TPSA) is 49.4 Å². The quantitative estimate of drug-likeness (QED) is 0.766. The van der Waals surface area contributed by atoms with Crippen LogP contribution in [0.2, 0.25) is 0 Å². The Hall–Kier alpha value is -1.40. The third kappa shape index (κ3) is 4.91. The van der Waals surface area contributed by atoms with Gasteiger partial charge >= 0.3 is 0 Å². The van der Waals surface area contributed by atoms with E-state index < -0.39 is 10.0 Å². The molecule has 0 radical (unpaired) electrons. The summed E-state index contributed by atoms with van der Waals surface area (Å²) in [5, 5.41) is 0. The maximum atomic E-state index is 12.4. The standard InChI is InChI=1S/C21H26N2O2S.ClH/c24-26(25,16-18-9-5-2-6-10-18)22-13-20-19-11-12-21(20)23(15-19)14-17-7-3-1-4-8-17;/h1-10,19-22H,11-16H2;1H. The highest BCUT2D eigenvalue weighted by molar-refractivity contribution is 7.88. The minimum absolute atomic E-state index is 0. The molecule has 1 aliphatic carbocycles. The van der Waals surface area contributed by atoms with Crippen molar-refractivity contribution in [3.8, 4) is 0 Å². The summed E-state index contributed by atoms with van der Waals surface area (Å²) in [6.07, 6.45) is 2.41. The van der Waals surface area contributed by atoms with Crippen molar-refractivity contribution in [1.29, 1.82) is 0 Å². The molecule has 2 aromatic carbocycles. The van der Waals surface area contributed by atoms with Crippen LogP contribution in [0.1, 0.15) is 24.0 Å². The highest BCUT2D eigenvalue weighted by atomic mass is 35.5. The maximum Gasteiger partial charge on any atom is 0.215 e. The number of nitrogens with zero attached hydrogens (tertiary/aromatic N) is 1. The van der Waals surface area contributed by atoms with E-state index in [1.807, 2.05) is 36.4 Å². The zero-order valence-electron chi connectivity index (χ0n) is 15.3. The van der Waals surface area contributed by atoms with Gasteiger partial charge in [0.05, 0.1) is 5.75 Å². The fraction of sp³-hybridized carbons (Fsp3) is 0.429. The lowest BCUT2D eigenvalue weighted by molar-refractivity contribution is 0.198. The van der Waals surface area contributed by atoms with Gasteiger partial charge in [-0.2, -0.15) is 0 Å². The summed E-state index contributed by atoms with van der Waals surface area (Å²) in [6.45, 7) is 2.62. The summed E-state index contributed by atoms with van der Waals surface area (Å²) in [6, 6.07) is 20.4. The van der Waals surface area contributed by atoms with Crippen LogP contribution in [0.5, 0.6) is 0 Å². The Morgan fingerprint density at radius 3 is 2.22 bits per heavy atom. The molecule has 6 heteroatoms. The third-order valence-corrected chi connectivity index (χ3v) is 7.16. The smallest absolute Gasteiger partial charge is 0.215 e. The molecule has 1 heterocycles. The molecule has 1 N–H and O–H groups in total. The molecule has 1 saturated heterocycles. The van der Waals surface area contributed by atoms with Gasteiger partial charge in [0.1, 0.15) is 0 Å². The van der Waals surface area contributed by atoms with Gasteiger partial charge in [0, 0.05) is 25.7 Å². The second kappa shape index (κ2) is 8.74. The molecule has 27 heavy (non-hydrogen) atoms. The number of likely N-dealkylation sites (tertiary alicyclic amines) is 1. The van der Waals surface area contributed by atoms with Crippen LogP contribution in [-0.4, -0.2) is 32.4 Å². The predicted molar refractivity (Wildman–Crippen MR) is 111 cm³/mol.